The van der Waals surface area contributed by atoms with E-state index in [1.165, 1.54) is 70.8 Å². The Balaban J connectivity index is 0. The van der Waals surface area contributed by atoms with Crippen LogP contribution in [0.5, 0.6) is 0 Å². The first-order valence-electron chi connectivity index (χ1n) is 8.11. The minimum absolute atomic E-state index is 0. The molecular weight excluding hydrogens is 382 g/mol. The van der Waals surface area contributed by atoms with E-state index in [0.717, 1.165) is 16.4 Å². The van der Waals surface area contributed by atoms with E-state index in [2.05, 4.69) is 30.0 Å². The Bertz CT molecular complexity index is 189. The van der Waals surface area contributed by atoms with E-state index < -0.39 is 0 Å². The van der Waals surface area contributed by atoms with Crippen LogP contribution in [0.3, 0.4) is 0 Å². The number of nitrogens with zero attached hydrogens (tertiary/aromatic N) is 1. The number of rotatable bonds is 14. The van der Waals surface area contributed by atoms with Crippen LogP contribution in [0.4, 0.5) is 0 Å². The fourth-order valence-corrected chi connectivity index (χ4v) is 2.83. The van der Waals surface area contributed by atoms with Crippen LogP contribution in [-0.4, -0.2) is 48.7 Å². The van der Waals surface area contributed by atoms with E-state index in [-0.39, 0.29) is 17.0 Å². The number of aliphatic hydroxyl groups is 1. The Morgan fingerprint density at radius 2 is 1.10 bits per heavy atom. The third kappa shape index (κ3) is 16.9. The molecule has 1 N–H and O–H groups in total. The molecule has 0 aliphatic heterocycles. The van der Waals surface area contributed by atoms with Gasteiger partial charge in [0, 0.05) is 5.33 Å². The minimum Gasteiger partial charge on any atom is -1.00 e. The summed E-state index contributed by atoms with van der Waals surface area (Å²) >= 11 is 3.48. The number of hydrogen-bond donors (Lipinski definition) is 1. The van der Waals surface area contributed by atoms with Gasteiger partial charge in [-0.1, -0.05) is 60.9 Å². The van der Waals surface area contributed by atoms with Gasteiger partial charge >= 0.3 is 0 Å². The molecule has 0 saturated heterocycles. The maximum Gasteiger partial charge on any atom is 0.102 e. The highest BCUT2D eigenvalue weighted by Gasteiger charge is 2.12. The van der Waals surface area contributed by atoms with Crippen LogP contribution in [0.15, 0.2) is 0 Å². The van der Waals surface area contributed by atoms with Gasteiger partial charge < -0.3 is 26.6 Å². The van der Waals surface area contributed by atoms with Crippen LogP contribution in [0.1, 0.15) is 64.2 Å². The van der Waals surface area contributed by atoms with Gasteiger partial charge in [-0.2, -0.15) is 0 Å². The lowest BCUT2D eigenvalue weighted by molar-refractivity contribution is -0.890. The van der Waals surface area contributed by atoms with E-state index in [4.69, 9.17) is 5.11 Å². The van der Waals surface area contributed by atoms with E-state index in [1.54, 1.807) is 0 Å². The molecule has 0 radical (unpaired) electrons. The average Bonchev–Trinajstić information content (AvgIpc) is 2.36. The molecule has 2 nitrogen and oxygen atoms in total. The SMILES string of the molecule is C[N+](C)(CCO)CCCCCCCCCCCCBr.[Br-]. The van der Waals surface area contributed by atoms with Crippen molar-refractivity contribution >= 4 is 15.9 Å². The summed E-state index contributed by atoms with van der Waals surface area (Å²) in [5.74, 6) is 0. The second-order valence-corrected chi connectivity index (χ2v) is 7.12. The fraction of sp³-hybridized carbons (Fsp3) is 1.00. The lowest BCUT2D eigenvalue weighted by Gasteiger charge is -2.28. The van der Waals surface area contributed by atoms with Gasteiger partial charge in [-0.3, -0.25) is 0 Å². The molecule has 0 heterocycles. The van der Waals surface area contributed by atoms with Gasteiger partial charge in [0.2, 0.25) is 0 Å². The largest absolute Gasteiger partial charge is 1.00 e. The lowest BCUT2D eigenvalue weighted by atomic mass is 10.1. The second kappa shape index (κ2) is 16.3. The molecule has 0 fully saturated rings. The molecule has 0 aliphatic rings. The van der Waals surface area contributed by atoms with Gasteiger partial charge in [0.1, 0.15) is 6.54 Å². The number of aliphatic hydroxyl groups excluding tert-OH is 1. The predicted octanol–water partition coefficient (Wildman–Crippen LogP) is 1.36. The lowest BCUT2D eigenvalue weighted by Crippen LogP contribution is -3.00. The van der Waals surface area contributed by atoms with Crippen LogP contribution in [0, 0.1) is 0 Å². The van der Waals surface area contributed by atoms with Crippen LogP contribution >= 0.6 is 15.9 Å². The molecule has 0 spiro atoms. The predicted molar refractivity (Wildman–Crippen MR) is 88.9 cm³/mol. The number of quaternary nitrogens is 1. The third-order valence-corrected chi connectivity index (χ3v) is 4.41. The summed E-state index contributed by atoms with van der Waals surface area (Å²) in [4.78, 5) is 0. The molecule has 0 aromatic heterocycles. The van der Waals surface area contributed by atoms with Crippen molar-refractivity contribution in [1.82, 2.24) is 0 Å². The number of likely N-dealkylation sites (N-methyl/N-ethyl adjacent to an activating group) is 1. The maximum atomic E-state index is 8.96. The standard InChI is InChI=1S/C16H35BrNO.BrH/c1-18(2,15-16-19)14-12-10-8-6-4-3-5-7-9-11-13-17;/h19H,3-16H2,1-2H3;1H/q+1;/p-1. The molecule has 4 heteroatoms. The van der Waals surface area contributed by atoms with Crippen molar-refractivity contribution in [2.24, 2.45) is 0 Å². The van der Waals surface area contributed by atoms with Crippen molar-refractivity contribution in [3.05, 3.63) is 0 Å². The first kappa shape index (κ1) is 23.2. The van der Waals surface area contributed by atoms with Gasteiger partial charge in [0.15, 0.2) is 0 Å². The number of unbranched alkanes of at least 4 members (excludes halogenated alkanes) is 9. The fourth-order valence-electron chi connectivity index (χ4n) is 2.43. The molecule has 124 valence electrons. The summed E-state index contributed by atoms with van der Waals surface area (Å²) < 4.78 is 0.962. The molecule has 0 aromatic rings. The highest BCUT2D eigenvalue weighted by atomic mass is 79.9. The quantitative estimate of drug-likeness (QED) is 0.257. The Kier molecular flexibility index (Phi) is 18.8. The smallest absolute Gasteiger partial charge is 0.102 e. The van der Waals surface area contributed by atoms with E-state index in [9.17, 15) is 0 Å². The molecule has 0 aliphatic carbocycles. The summed E-state index contributed by atoms with van der Waals surface area (Å²) in [7, 11) is 4.42. The van der Waals surface area contributed by atoms with Crippen molar-refractivity contribution in [3.8, 4) is 0 Å². The normalized spacial score (nSPS) is 11.4. The first-order valence-corrected chi connectivity index (χ1v) is 9.23. The highest BCUT2D eigenvalue weighted by Crippen LogP contribution is 2.11. The van der Waals surface area contributed by atoms with Crippen molar-refractivity contribution < 1.29 is 26.6 Å². The van der Waals surface area contributed by atoms with E-state index in [1.807, 2.05) is 0 Å². The van der Waals surface area contributed by atoms with Crippen molar-refractivity contribution in [2.75, 3.05) is 39.1 Å². The summed E-state index contributed by atoms with van der Waals surface area (Å²) in [5.41, 5.74) is 0. The summed E-state index contributed by atoms with van der Waals surface area (Å²) in [6.45, 7) is 2.39. The molecule has 0 unspecified atom stereocenters. The number of hydrogen-bond acceptors (Lipinski definition) is 1. The molecule has 0 rings (SSSR count). The zero-order chi connectivity index (χ0) is 14.4. The van der Waals surface area contributed by atoms with E-state index in [0.29, 0.717) is 6.61 Å². The van der Waals surface area contributed by atoms with Crippen LogP contribution in [0.25, 0.3) is 0 Å². The summed E-state index contributed by atoms with van der Waals surface area (Å²) in [6, 6.07) is 0. The molecule has 0 amide bonds. The first-order chi connectivity index (χ1) is 9.12. The number of alkyl halides is 1. The van der Waals surface area contributed by atoms with Gasteiger partial charge in [-0.25, -0.2) is 0 Å². The summed E-state index contributed by atoms with van der Waals surface area (Å²) in [5, 5.41) is 10.1. The van der Waals surface area contributed by atoms with Crippen LogP contribution < -0.4 is 17.0 Å². The number of halogens is 2. The summed E-state index contributed by atoms with van der Waals surface area (Å²) in [6.07, 6.45) is 13.9. The Morgan fingerprint density at radius 1 is 0.700 bits per heavy atom. The molecule has 0 aromatic carbocycles. The highest BCUT2D eigenvalue weighted by molar-refractivity contribution is 9.09. The van der Waals surface area contributed by atoms with Gasteiger partial charge in [-0.05, 0) is 19.3 Å². The molecule has 0 bridgehead atoms. The molecular formula is C16H35Br2NO. The van der Waals surface area contributed by atoms with Crippen LogP contribution in [0.2, 0.25) is 0 Å². The van der Waals surface area contributed by atoms with Crippen molar-refractivity contribution in [3.63, 3.8) is 0 Å². The van der Waals surface area contributed by atoms with Gasteiger partial charge in [-0.15, -0.1) is 0 Å². The zero-order valence-electron chi connectivity index (χ0n) is 13.5. The third-order valence-electron chi connectivity index (χ3n) is 3.85. The minimum atomic E-state index is 0. The Morgan fingerprint density at radius 3 is 1.50 bits per heavy atom. The zero-order valence-corrected chi connectivity index (χ0v) is 16.7. The monoisotopic (exact) mass is 415 g/mol. The average molecular weight is 417 g/mol. The topological polar surface area (TPSA) is 20.2 Å². The Labute approximate surface area is 145 Å². The van der Waals surface area contributed by atoms with Crippen LogP contribution in [-0.2, 0) is 0 Å². The van der Waals surface area contributed by atoms with Gasteiger partial charge in [0.05, 0.1) is 27.2 Å². The molecule has 0 saturated carbocycles. The Hall–Kier alpha value is 0.880. The molecule has 0 atom stereocenters. The van der Waals surface area contributed by atoms with E-state index >= 15 is 0 Å². The van der Waals surface area contributed by atoms with Gasteiger partial charge in [0.25, 0.3) is 0 Å². The molecule has 20 heavy (non-hydrogen) atoms. The van der Waals surface area contributed by atoms with Crippen molar-refractivity contribution in [2.45, 2.75) is 64.2 Å². The second-order valence-electron chi connectivity index (χ2n) is 6.33. The maximum absolute atomic E-state index is 8.96. The van der Waals surface area contributed by atoms with Crippen molar-refractivity contribution in [1.29, 1.82) is 0 Å².